The Morgan fingerprint density at radius 2 is 1.89 bits per heavy atom. The molecule has 0 N–H and O–H groups in total. The average molecular weight is 517 g/mol. The maximum absolute atomic E-state index is 13.9. The first kappa shape index (κ1) is 23.3. The lowest BCUT2D eigenvalue weighted by atomic mass is 9.89. The van der Waals surface area contributed by atoms with Crippen molar-refractivity contribution >= 4 is 39.1 Å². The van der Waals surface area contributed by atoms with E-state index >= 15 is 0 Å². The van der Waals surface area contributed by atoms with E-state index in [0.717, 1.165) is 51.8 Å². The quantitative estimate of drug-likeness (QED) is 0.248. The number of aryl methyl sites for hydroxylation is 1. The molecule has 1 aliphatic rings. The summed E-state index contributed by atoms with van der Waals surface area (Å²) in [5.74, 6) is 2.82. The molecule has 184 valence electrons. The van der Waals surface area contributed by atoms with Gasteiger partial charge in [-0.05, 0) is 74.4 Å². The Bertz CT molecular complexity index is 1600. The smallest absolute Gasteiger partial charge is 0.268 e. The standard InChI is InChI=1S/C28H28N4O2S2/c1-17(2)34-21-12-10-19(11-13-21)16-35-28-30-29-27-31(20-7-5-4-6-8-20)25(33)24-22-14-9-18(3)15-23(22)36-26(24)32(27)28/h4-8,10-13,17-18H,9,14-16H2,1-3H3/t18-/m0/s1. The first-order chi connectivity index (χ1) is 17.5. The molecular formula is C28H28N4O2S2. The number of thiophene rings is 1. The van der Waals surface area contributed by atoms with Crippen molar-refractivity contribution in [1.82, 2.24) is 19.2 Å². The molecule has 0 radical (unpaired) electrons. The molecule has 3 heterocycles. The second-order valence-corrected chi connectivity index (χ2v) is 11.8. The van der Waals surface area contributed by atoms with Crippen LogP contribution in [-0.4, -0.2) is 25.3 Å². The van der Waals surface area contributed by atoms with E-state index in [2.05, 4.69) is 33.7 Å². The number of para-hydroxylation sites is 1. The number of ether oxygens (including phenoxy) is 1. The minimum Gasteiger partial charge on any atom is -0.491 e. The molecule has 3 aromatic heterocycles. The van der Waals surface area contributed by atoms with E-state index in [1.807, 2.05) is 56.3 Å². The van der Waals surface area contributed by atoms with E-state index in [1.54, 1.807) is 27.7 Å². The molecule has 1 atom stereocenters. The minimum absolute atomic E-state index is 0.000411. The van der Waals surface area contributed by atoms with Crippen LogP contribution in [0.25, 0.3) is 21.7 Å². The van der Waals surface area contributed by atoms with Crippen LogP contribution in [-0.2, 0) is 18.6 Å². The summed E-state index contributed by atoms with van der Waals surface area (Å²) in [6.45, 7) is 6.35. The molecule has 0 amide bonds. The molecule has 0 unspecified atom stereocenters. The van der Waals surface area contributed by atoms with Crippen molar-refractivity contribution in [3.63, 3.8) is 0 Å². The highest BCUT2D eigenvalue weighted by atomic mass is 32.2. The van der Waals surface area contributed by atoms with Gasteiger partial charge in [-0.2, -0.15) is 0 Å². The molecule has 0 bridgehead atoms. The lowest BCUT2D eigenvalue weighted by Gasteiger charge is -2.17. The molecule has 36 heavy (non-hydrogen) atoms. The van der Waals surface area contributed by atoms with Gasteiger partial charge in [-0.25, -0.2) is 8.97 Å². The Hall–Kier alpha value is -3.10. The fourth-order valence-electron chi connectivity index (χ4n) is 4.89. The number of hydrogen-bond donors (Lipinski definition) is 0. The van der Waals surface area contributed by atoms with E-state index in [9.17, 15) is 4.79 Å². The van der Waals surface area contributed by atoms with Gasteiger partial charge in [0.05, 0.1) is 17.2 Å². The number of nitrogens with zero attached hydrogens (tertiary/aromatic N) is 4. The molecule has 0 saturated carbocycles. The molecule has 2 aromatic carbocycles. The molecule has 1 aliphatic carbocycles. The first-order valence-electron chi connectivity index (χ1n) is 12.4. The SMILES string of the molecule is CC(C)Oc1ccc(CSc2nnc3n(-c4ccccc4)c(=O)c4c5c(sc4n23)C[C@@H](C)CC5)cc1. The van der Waals surface area contributed by atoms with Crippen LogP contribution in [0, 0.1) is 5.92 Å². The topological polar surface area (TPSA) is 61.4 Å². The summed E-state index contributed by atoms with van der Waals surface area (Å²) in [5, 5.41) is 10.7. The van der Waals surface area contributed by atoms with E-state index in [1.165, 1.54) is 16.0 Å². The maximum Gasteiger partial charge on any atom is 0.268 e. The molecule has 8 heteroatoms. The van der Waals surface area contributed by atoms with Gasteiger partial charge in [0.25, 0.3) is 5.56 Å². The van der Waals surface area contributed by atoms with Gasteiger partial charge in [-0.1, -0.05) is 49.0 Å². The molecular weight excluding hydrogens is 488 g/mol. The summed E-state index contributed by atoms with van der Waals surface area (Å²) in [5.41, 5.74) is 3.21. The fraction of sp³-hybridized carbons (Fsp3) is 0.321. The Kier molecular flexibility index (Phi) is 6.09. The summed E-state index contributed by atoms with van der Waals surface area (Å²) >= 11 is 3.38. The zero-order valence-electron chi connectivity index (χ0n) is 20.6. The van der Waals surface area contributed by atoms with Crippen LogP contribution < -0.4 is 10.3 Å². The third-order valence-corrected chi connectivity index (χ3v) is 8.85. The molecule has 0 spiro atoms. The van der Waals surface area contributed by atoms with Crippen molar-refractivity contribution in [2.75, 3.05) is 0 Å². The number of hydrogen-bond acceptors (Lipinski definition) is 6. The second-order valence-electron chi connectivity index (χ2n) is 9.73. The van der Waals surface area contributed by atoms with Crippen LogP contribution >= 0.6 is 23.1 Å². The lowest BCUT2D eigenvalue weighted by Crippen LogP contribution is -2.22. The van der Waals surface area contributed by atoms with Crippen molar-refractivity contribution in [3.8, 4) is 11.4 Å². The molecule has 6 rings (SSSR count). The number of fused-ring (bicyclic) bond motifs is 5. The van der Waals surface area contributed by atoms with Crippen LogP contribution in [0.4, 0.5) is 0 Å². The van der Waals surface area contributed by atoms with Crippen LogP contribution in [0.2, 0.25) is 0 Å². The highest BCUT2D eigenvalue weighted by Gasteiger charge is 2.27. The summed E-state index contributed by atoms with van der Waals surface area (Å²) in [6.07, 6.45) is 3.23. The van der Waals surface area contributed by atoms with E-state index in [0.29, 0.717) is 11.7 Å². The third kappa shape index (κ3) is 4.12. The van der Waals surface area contributed by atoms with Crippen LogP contribution in [0.5, 0.6) is 5.75 Å². The van der Waals surface area contributed by atoms with Crippen molar-refractivity contribution < 1.29 is 4.74 Å². The minimum atomic E-state index is 0.000411. The third-order valence-electron chi connectivity index (χ3n) is 6.61. The number of benzene rings is 2. The zero-order chi connectivity index (χ0) is 24.8. The summed E-state index contributed by atoms with van der Waals surface area (Å²) < 4.78 is 9.60. The lowest BCUT2D eigenvalue weighted by molar-refractivity contribution is 0.242. The Balaban J connectivity index is 1.47. The van der Waals surface area contributed by atoms with Gasteiger partial charge in [-0.3, -0.25) is 4.79 Å². The molecule has 5 aromatic rings. The summed E-state index contributed by atoms with van der Waals surface area (Å²) in [4.78, 5) is 16.2. The number of rotatable bonds is 6. The Morgan fingerprint density at radius 3 is 2.64 bits per heavy atom. The molecule has 6 nitrogen and oxygen atoms in total. The van der Waals surface area contributed by atoms with Crippen LogP contribution in [0.1, 0.15) is 43.2 Å². The van der Waals surface area contributed by atoms with E-state index in [-0.39, 0.29) is 11.7 Å². The Labute approximate surface area is 217 Å². The second kappa shape index (κ2) is 9.41. The monoisotopic (exact) mass is 516 g/mol. The van der Waals surface area contributed by atoms with Crippen LogP contribution in [0.3, 0.4) is 0 Å². The average Bonchev–Trinajstić information content (AvgIpc) is 3.45. The maximum atomic E-state index is 13.9. The van der Waals surface area contributed by atoms with Crippen LogP contribution in [0.15, 0.2) is 64.5 Å². The Morgan fingerprint density at radius 1 is 1.11 bits per heavy atom. The van der Waals surface area contributed by atoms with Gasteiger partial charge in [-0.15, -0.1) is 21.5 Å². The van der Waals surface area contributed by atoms with Gasteiger partial charge >= 0.3 is 0 Å². The first-order valence-corrected chi connectivity index (χ1v) is 14.2. The normalized spacial score (nSPS) is 15.6. The molecule has 0 aliphatic heterocycles. The van der Waals surface area contributed by atoms with Gasteiger partial charge in [0.15, 0.2) is 5.16 Å². The highest BCUT2D eigenvalue weighted by molar-refractivity contribution is 7.98. The van der Waals surface area contributed by atoms with E-state index < -0.39 is 0 Å². The predicted molar refractivity (Wildman–Crippen MR) is 147 cm³/mol. The van der Waals surface area contributed by atoms with Crippen molar-refractivity contribution in [1.29, 1.82) is 0 Å². The van der Waals surface area contributed by atoms with Crippen molar-refractivity contribution in [3.05, 3.63) is 81.0 Å². The number of thioether (sulfide) groups is 1. The summed E-state index contributed by atoms with van der Waals surface area (Å²) in [7, 11) is 0. The highest BCUT2D eigenvalue weighted by Crippen LogP contribution is 2.38. The fourth-order valence-corrected chi connectivity index (χ4v) is 7.34. The van der Waals surface area contributed by atoms with Crippen molar-refractivity contribution in [2.45, 2.75) is 57.0 Å². The van der Waals surface area contributed by atoms with Gasteiger partial charge in [0.2, 0.25) is 5.78 Å². The van der Waals surface area contributed by atoms with Gasteiger partial charge < -0.3 is 4.74 Å². The molecule has 0 fully saturated rings. The van der Waals surface area contributed by atoms with Gasteiger partial charge in [0, 0.05) is 10.6 Å². The largest absolute Gasteiger partial charge is 0.491 e. The van der Waals surface area contributed by atoms with Crippen molar-refractivity contribution in [2.24, 2.45) is 5.92 Å². The zero-order valence-corrected chi connectivity index (χ0v) is 22.2. The van der Waals surface area contributed by atoms with E-state index in [4.69, 9.17) is 4.74 Å². The predicted octanol–water partition coefficient (Wildman–Crippen LogP) is 6.30. The summed E-state index contributed by atoms with van der Waals surface area (Å²) in [6, 6.07) is 18.0. The van der Waals surface area contributed by atoms with Gasteiger partial charge in [0.1, 0.15) is 10.6 Å². The number of aromatic nitrogens is 4. The molecule has 0 saturated heterocycles.